The zero-order valence-electron chi connectivity index (χ0n) is 14.3. The molecule has 0 spiro atoms. The Morgan fingerprint density at radius 1 is 1.26 bits per heavy atom. The minimum Gasteiger partial charge on any atom is -0.319 e. The Bertz CT molecular complexity index is 633. The van der Waals surface area contributed by atoms with Gasteiger partial charge in [0.05, 0.1) is 11.0 Å². The molecule has 0 atom stereocenters. The lowest BCUT2D eigenvalue weighted by Crippen LogP contribution is -2.28. The van der Waals surface area contributed by atoms with Crippen molar-refractivity contribution in [1.29, 1.82) is 0 Å². The lowest BCUT2D eigenvalue weighted by atomic mass is 10.3. The number of rotatable bonds is 9. The van der Waals surface area contributed by atoms with Gasteiger partial charge in [-0.3, -0.25) is 10.1 Å². The predicted octanol–water partition coefficient (Wildman–Crippen LogP) is 1.93. The van der Waals surface area contributed by atoms with Crippen LogP contribution in [0.5, 0.6) is 0 Å². The standard InChI is InChI=1S/C17H27N5O/c1-4-21(5-2)12-13-22-15-9-7-6-8-14(15)19-17(22)20-16(23)10-11-18-3/h6-9,18H,4-5,10-13H2,1-3H3,(H,19,20,23). The van der Waals surface area contributed by atoms with E-state index in [0.29, 0.717) is 18.9 Å². The molecule has 2 rings (SSSR count). The maximum absolute atomic E-state index is 12.0. The molecule has 126 valence electrons. The fourth-order valence-electron chi connectivity index (χ4n) is 2.60. The van der Waals surface area contributed by atoms with Crippen LogP contribution in [0.15, 0.2) is 24.3 Å². The zero-order chi connectivity index (χ0) is 16.7. The van der Waals surface area contributed by atoms with Gasteiger partial charge >= 0.3 is 0 Å². The molecule has 0 unspecified atom stereocenters. The number of amides is 1. The van der Waals surface area contributed by atoms with Gasteiger partial charge in [0, 0.05) is 26.1 Å². The SMILES string of the molecule is CCN(CC)CCn1c(NC(=O)CCNC)nc2ccccc21. The van der Waals surface area contributed by atoms with Gasteiger partial charge in [-0.15, -0.1) is 0 Å². The topological polar surface area (TPSA) is 62.2 Å². The number of aromatic nitrogens is 2. The molecule has 23 heavy (non-hydrogen) atoms. The fraction of sp³-hybridized carbons (Fsp3) is 0.529. The molecule has 2 aromatic rings. The molecule has 0 saturated heterocycles. The average Bonchev–Trinajstić information content (AvgIpc) is 2.91. The molecular formula is C17H27N5O. The minimum absolute atomic E-state index is 0.0151. The highest BCUT2D eigenvalue weighted by Gasteiger charge is 2.13. The van der Waals surface area contributed by atoms with Crippen LogP contribution in [-0.4, -0.2) is 53.6 Å². The van der Waals surface area contributed by atoms with Gasteiger partial charge in [-0.25, -0.2) is 4.98 Å². The smallest absolute Gasteiger partial charge is 0.227 e. The Morgan fingerprint density at radius 3 is 2.70 bits per heavy atom. The summed E-state index contributed by atoms with van der Waals surface area (Å²) in [6.07, 6.45) is 0.440. The van der Waals surface area contributed by atoms with Crippen LogP contribution in [0, 0.1) is 0 Å². The molecule has 2 N–H and O–H groups in total. The first kappa shape index (κ1) is 17.4. The highest BCUT2D eigenvalue weighted by atomic mass is 16.1. The molecule has 1 aromatic carbocycles. The normalized spacial score (nSPS) is 11.3. The number of hydrogen-bond donors (Lipinski definition) is 2. The number of anilines is 1. The van der Waals surface area contributed by atoms with E-state index in [0.717, 1.165) is 37.2 Å². The highest BCUT2D eigenvalue weighted by molar-refractivity contribution is 5.91. The average molecular weight is 317 g/mol. The summed E-state index contributed by atoms with van der Waals surface area (Å²) in [5.41, 5.74) is 1.97. The van der Waals surface area contributed by atoms with E-state index in [9.17, 15) is 4.79 Å². The van der Waals surface area contributed by atoms with E-state index in [4.69, 9.17) is 0 Å². The van der Waals surface area contributed by atoms with E-state index in [-0.39, 0.29) is 5.91 Å². The van der Waals surface area contributed by atoms with E-state index >= 15 is 0 Å². The summed E-state index contributed by atoms with van der Waals surface area (Å²) < 4.78 is 2.10. The summed E-state index contributed by atoms with van der Waals surface area (Å²) in [4.78, 5) is 19.0. The van der Waals surface area contributed by atoms with Crippen molar-refractivity contribution >= 4 is 22.9 Å². The quantitative estimate of drug-likeness (QED) is 0.742. The number of carbonyl (C=O) groups is 1. The van der Waals surface area contributed by atoms with Crippen molar-refractivity contribution in [3.63, 3.8) is 0 Å². The van der Waals surface area contributed by atoms with E-state index in [1.54, 1.807) is 0 Å². The van der Waals surface area contributed by atoms with Crippen molar-refractivity contribution in [2.75, 3.05) is 38.5 Å². The van der Waals surface area contributed by atoms with Crippen LogP contribution in [0.1, 0.15) is 20.3 Å². The van der Waals surface area contributed by atoms with Crippen LogP contribution in [0.25, 0.3) is 11.0 Å². The Hall–Kier alpha value is -1.92. The third-order valence-electron chi connectivity index (χ3n) is 4.04. The highest BCUT2D eigenvalue weighted by Crippen LogP contribution is 2.19. The number of benzene rings is 1. The van der Waals surface area contributed by atoms with Crippen molar-refractivity contribution in [1.82, 2.24) is 19.8 Å². The summed E-state index contributed by atoms with van der Waals surface area (Å²) in [5.74, 6) is 0.623. The first-order chi connectivity index (χ1) is 11.2. The summed E-state index contributed by atoms with van der Waals surface area (Å²) >= 11 is 0. The van der Waals surface area contributed by atoms with Crippen molar-refractivity contribution < 1.29 is 4.79 Å². The van der Waals surface area contributed by atoms with Crippen LogP contribution in [0.4, 0.5) is 5.95 Å². The fourth-order valence-corrected chi connectivity index (χ4v) is 2.60. The predicted molar refractivity (Wildman–Crippen MR) is 94.7 cm³/mol. The Labute approximate surface area is 137 Å². The Morgan fingerprint density at radius 2 is 2.00 bits per heavy atom. The van der Waals surface area contributed by atoms with Gasteiger partial charge in [-0.1, -0.05) is 26.0 Å². The van der Waals surface area contributed by atoms with E-state index < -0.39 is 0 Å². The molecule has 1 amide bonds. The number of likely N-dealkylation sites (N-methyl/N-ethyl adjacent to an activating group) is 1. The molecule has 0 aliphatic carbocycles. The van der Waals surface area contributed by atoms with E-state index in [2.05, 4.69) is 38.9 Å². The molecule has 0 fully saturated rings. The third-order valence-corrected chi connectivity index (χ3v) is 4.04. The maximum atomic E-state index is 12.0. The molecule has 6 nitrogen and oxygen atoms in total. The number of fused-ring (bicyclic) bond motifs is 1. The number of para-hydroxylation sites is 2. The van der Waals surface area contributed by atoms with Crippen molar-refractivity contribution in [2.24, 2.45) is 0 Å². The van der Waals surface area contributed by atoms with Gasteiger partial charge in [0.1, 0.15) is 0 Å². The number of nitrogens with one attached hydrogen (secondary N) is 2. The van der Waals surface area contributed by atoms with Crippen LogP contribution >= 0.6 is 0 Å². The van der Waals surface area contributed by atoms with Crippen LogP contribution in [-0.2, 0) is 11.3 Å². The monoisotopic (exact) mass is 317 g/mol. The van der Waals surface area contributed by atoms with Gasteiger partial charge in [-0.05, 0) is 32.3 Å². The van der Waals surface area contributed by atoms with Gasteiger partial charge < -0.3 is 14.8 Å². The molecule has 1 heterocycles. The number of carbonyl (C=O) groups excluding carboxylic acids is 1. The van der Waals surface area contributed by atoms with Crippen molar-refractivity contribution in [3.05, 3.63) is 24.3 Å². The summed E-state index contributed by atoms with van der Waals surface area (Å²) in [7, 11) is 1.84. The van der Waals surface area contributed by atoms with Gasteiger partial charge in [0.2, 0.25) is 11.9 Å². The summed E-state index contributed by atoms with van der Waals surface area (Å²) in [6.45, 7) is 8.77. The Balaban J connectivity index is 2.20. The van der Waals surface area contributed by atoms with E-state index in [1.807, 2.05) is 31.3 Å². The van der Waals surface area contributed by atoms with Crippen LogP contribution in [0.3, 0.4) is 0 Å². The lowest BCUT2D eigenvalue weighted by molar-refractivity contribution is -0.116. The van der Waals surface area contributed by atoms with E-state index in [1.165, 1.54) is 0 Å². The molecule has 0 aliphatic rings. The molecule has 0 bridgehead atoms. The van der Waals surface area contributed by atoms with Crippen molar-refractivity contribution in [3.8, 4) is 0 Å². The molecule has 0 aliphatic heterocycles. The van der Waals surface area contributed by atoms with Gasteiger partial charge in [0.25, 0.3) is 0 Å². The summed E-state index contributed by atoms with van der Waals surface area (Å²) in [5, 5.41) is 5.94. The number of hydrogen-bond acceptors (Lipinski definition) is 4. The molecule has 0 radical (unpaired) electrons. The number of imidazole rings is 1. The molecule has 6 heteroatoms. The maximum Gasteiger partial charge on any atom is 0.227 e. The molecular weight excluding hydrogens is 290 g/mol. The largest absolute Gasteiger partial charge is 0.319 e. The number of nitrogens with zero attached hydrogens (tertiary/aromatic N) is 3. The Kier molecular flexibility index (Phi) is 6.55. The van der Waals surface area contributed by atoms with Crippen LogP contribution < -0.4 is 10.6 Å². The zero-order valence-corrected chi connectivity index (χ0v) is 14.3. The van der Waals surface area contributed by atoms with Gasteiger partial charge in [0.15, 0.2) is 0 Å². The lowest BCUT2D eigenvalue weighted by Gasteiger charge is -2.19. The van der Waals surface area contributed by atoms with Crippen molar-refractivity contribution in [2.45, 2.75) is 26.8 Å². The molecule has 1 aromatic heterocycles. The second kappa shape index (κ2) is 8.64. The van der Waals surface area contributed by atoms with Crippen LogP contribution in [0.2, 0.25) is 0 Å². The third kappa shape index (κ3) is 4.53. The summed E-state index contributed by atoms with van der Waals surface area (Å²) in [6, 6.07) is 8.00. The second-order valence-electron chi connectivity index (χ2n) is 5.50. The minimum atomic E-state index is -0.0151. The van der Waals surface area contributed by atoms with Gasteiger partial charge in [-0.2, -0.15) is 0 Å². The molecule has 0 saturated carbocycles. The first-order valence-corrected chi connectivity index (χ1v) is 8.31. The first-order valence-electron chi connectivity index (χ1n) is 8.31. The second-order valence-corrected chi connectivity index (χ2v) is 5.50.